The number of nitrogens with one attached hydrogen (secondary N) is 2. The molecule has 9 heteroatoms. The van der Waals surface area contributed by atoms with Crippen LogP contribution in [-0.4, -0.2) is 25.0 Å². The van der Waals surface area contributed by atoms with E-state index in [1.807, 2.05) is 84.9 Å². The van der Waals surface area contributed by atoms with E-state index < -0.39 is 0 Å². The van der Waals surface area contributed by atoms with Crippen molar-refractivity contribution in [3.05, 3.63) is 124 Å². The predicted molar refractivity (Wildman–Crippen MR) is 180 cm³/mol. The summed E-state index contributed by atoms with van der Waals surface area (Å²) in [6, 6.07) is 37.3. The molecule has 0 aliphatic carbocycles. The molecule has 45 heavy (non-hydrogen) atoms. The highest BCUT2D eigenvalue weighted by atomic mass is 32.1. The van der Waals surface area contributed by atoms with Crippen LogP contribution in [0.3, 0.4) is 0 Å². The molecule has 3 N–H and O–H groups in total. The fourth-order valence-electron chi connectivity index (χ4n) is 5.70. The first-order chi connectivity index (χ1) is 22.1. The lowest BCUT2D eigenvalue weighted by Gasteiger charge is -2.01. The lowest BCUT2D eigenvalue weighted by molar-refractivity contribution is 0.475. The predicted octanol–water partition coefficient (Wildman–Crippen LogP) is 7.20. The maximum atomic E-state index is 10.7. The zero-order chi connectivity index (χ0) is 30.5. The second-order valence-electron chi connectivity index (χ2n) is 10.4. The van der Waals surface area contributed by atoms with Crippen LogP contribution in [0.5, 0.6) is 5.75 Å². The SMILES string of the molecule is N#C/C(c1nc2ccccc2s1)=c1/[nH]c(-c2cccc(O)c2)c2/c(=C(\C#N)c3nc4ccccc4s3)[nH]c(-c3ccccc3)c12. The minimum atomic E-state index is 0.100. The number of aromatic nitrogens is 4. The van der Waals surface area contributed by atoms with E-state index in [9.17, 15) is 15.6 Å². The zero-order valence-corrected chi connectivity index (χ0v) is 25.0. The summed E-state index contributed by atoms with van der Waals surface area (Å²) in [5, 5.41) is 35.6. The zero-order valence-electron chi connectivity index (χ0n) is 23.4. The summed E-state index contributed by atoms with van der Waals surface area (Å²) in [6.45, 7) is 0. The van der Waals surface area contributed by atoms with Crippen molar-refractivity contribution < 1.29 is 5.11 Å². The molecule has 0 saturated heterocycles. The number of thiazole rings is 2. The molecule has 8 rings (SSSR count). The third-order valence-corrected chi connectivity index (χ3v) is 9.79. The molecule has 0 fully saturated rings. The highest BCUT2D eigenvalue weighted by molar-refractivity contribution is 7.20. The first kappa shape index (κ1) is 26.6. The smallest absolute Gasteiger partial charge is 0.137 e. The van der Waals surface area contributed by atoms with Gasteiger partial charge in [-0.2, -0.15) is 10.5 Å². The summed E-state index contributed by atoms with van der Waals surface area (Å²) < 4.78 is 1.95. The van der Waals surface area contributed by atoms with Crippen LogP contribution < -0.4 is 10.7 Å². The highest BCUT2D eigenvalue weighted by Crippen LogP contribution is 2.34. The lowest BCUT2D eigenvalue weighted by atomic mass is 10.0. The minimum absolute atomic E-state index is 0.100. The number of nitriles is 2. The van der Waals surface area contributed by atoms with Gasteiger partial charge in [-0.25, -0.2) is 9.97 Å². The van der Waals surface area contributed by atoms with Crippen LogP contribution in [-0.2, 0) is 0 Å². The van der Waals surface area contributed by atoms with Gasteiger partial charge >= 0.3 is 0 Å². The summed E-state index contributed by atoms with van der Waals surface area (Å²) in [5.74, 6) is 0.100. The second kappa shape index (κ2) is 10.6. The van der Waals surface area contributed by atoms with E-state index in [1.165, 1.54) is 22.7 Å². The van der Waals surface area contributed by atoms with Crippen molar-refractivity contribution in [1.82, 2.24) is 19.9 Å². The van der Waals surface area contributed by atoms with E-state index in [-0.39, 0.29) is 5.75 Å². The molecule has 4 aromatic carbocycles. The molecule has 0 spiro atoms. The molecule has 0 atom stereocenters. The van der Waals surface area contributed by atoms with Crippen molar-refractivity contribution in [3.63, 3.8) is 0 Å². The van der Waals surface area contributed by atoms with E-state index in [1.54, 1.807) is 18.2 Å². The maximum absolute atomic E-state index is 10.7. The molecule has 0 amide bonds. The third-order valence-electron chi connectivity index (χ3n) is 7.69. The summed E-state index contributed by atoms with van der Waals surface area (Å²) in [6.07, 6.45) is 0. The van der Waals surface area contributed by atoms with Crippen LogP contribution in [0.4, 0.5) is 0 Å². The molecular weight excluding hydrogens is 597 g/mol. The molecule has 7 nitrogen and oxygen atoms in total. The second-order valence-corrected chi connectivity index (χ2v) is 12.4. The molecule has 0 aliphatic rings. The number of H-pyrrole nitrogens is 2. The molecule has 0 unspecified atom stereocenters. The summed E-state index contributed by atoms with van der Waals surface area (Å²) in [7, 11) is 0. The van der Waals surface area contributed by atoms with Gasteiger partial charge in [-0.05, 0) is 42.0 Å². The number of aromatic hydroxyl groups is 1. The molecule has 0 bridgehead atoms. The van der Waals surface area contributed by atoms with Crippen LogP contribution in [0.15, 0.2) is 103 Å². The number of hydrogen-bond acceptors (Lipinski definition) is 7. The van der Waals surface area contributed by atoms with Crippen molar-refractivity contribution >= 4 is 65.0 Å². The van der Waals surface area contributed by atoms with Gasteiger partial charge in [0.1, 0.15) is 39.0 Å². The topological polar surface area (TPSA) is 125 Å². The molecule has 8 aromatic rings. The summed E-state index contributed by atoms with van der Waals surface area (Å²) in [4.78, 5) is 16.8. The first-order valence-electron chi connectivity index (χ1n) is 14.0. The number of para-hydroxylation sites is 2. The van der Waals surface area contributed by atoms with Crippen LogP contribution in [0.25, 0.3) is 64.9 Å². The van der Waals surface area contributed by atoms with E-state index in [4.69, 9.17) is 9.97 Å². The highest BCUT2D eigenvalue weighted by Gasteiger charge is 2.24. The number of fused-ring (bicyclic) bond motifs is 3. The standard InChI is InChI=1S/C36H20N6OS2/c37-18-23(35-39-25-13-4-6-15-27(25)44-35)33-29-30(32(42-33)21-11-8-12-22(43)17-21)34(41-31(29)20-9-2-1-3-10-20)24(19-38)36-40-26-14-5-7-16-28(26)45-36/h1-17,41-43H/b33-23-,34-24-. The molecule has 212 valence electrons. The van der Waals surface area contributed by atoms with Crippen molar-refractivity contribution in [2.24, 2.45) is 0 Å². The van der Waals surface area contributed by atoms with Gasteiger partial charge in [0.2, 0.25) is 0 Å². The normalized spacial score (nSPS) is 12.8. The lowest BCUT2D eigenvalue weighted by Crippen LogP contribution is -2.10. The van der Waals surface area contributed by atoms with Gasteiger partial charge in [0.05, 0.1) is 42.5 Å². The Kier molecular flexibility index (Phi) is 6.28. The Morgan fingerprint density at radius 3 is 1.60 bits per heavy atom. The van der Waals surface area contributed by atoms with E-state index in [2.05, 4.69) is 22.1 Å². The number of benzene rings is 4. The number of phenolic OH excluding ortho intramolecular Hbond substituents is 1. The average molecular weight is 617 g/mol. The van der Waals surface area contributed by atoms with Crippen LogP contribution >= 0.6 is 22.7 Å². The van der Waals surface area contributed by atoms with Gasteiger partial charge in [-0.15, -0.1) is 22.7 Å². The number of phenols is 1. The average Bonchev–Trinajstić information content (AvgIpc) is 3.85. The largest absolute Gasteiger partial charge is 0.508 e. The van der Waals surface area contributed by atoms with Crippen LogP contribution in [0.2, 0.25) is 0 Å². The Hall–Kier alpha value is -6.00. The van der Waals surface area contributed by atoms with Crippen LogP contribution in [0.1, 0.15) is 10.0 Å². The van der Waals surface area contributed by atoms with Gasteiger partial charge in [0, 0.05) is 16.3 Å². The minimum Gasteiger partial charge on any atom is -0.508 e. The number of aromatic amines is 2. The van der Waals surface area contributed by atoms with Gasteiger partial charge in [-0.3, -0.25) is 0 Å². The quantitative estimate of drug-likeness (QED) is 0.193. The van der Waals surface area contributed by atoms with Crippen molar-refractivity contribution in [1.29, 1.82) is 10.5 Å². The first-order valence-corrected chi connectivity index (χ1v) is 15.7. The molecule has 4 aromatic heterocycles. The Morgan fingerprint density at radius 2 is 1.09 bits per heavy atom. The van der Waals surface area contributed by atoms with E-state index >= 15 is 0 Å². The number of nitrogens with zero attached hydrogens (tertiary/aromatic N) is 4. The van der Waals surface area contributed by atoms with Crippen LogP contribution in [0, 0.1) is 22.7 Å². The van der Waals surface area contributed by atoms with Crippen molar-refractivity contribution in [3.8, 4) is 40.4 Å². The Balaban J connectivity index is 1.59. The maximum Gasteiger partial charge on any atom is 0.137 e. The molecule has 4 heterocycles. The Bertz CT molecular complexity index is 2480. The van der Waals surface area contributed by atoms with Gasteiger partial charge < -0.3 is 15.1 Å². The van der Waals surface area contributed by atoms with Crippen molar-refractivity contribution in [2.75, 3.05) is 0 Å². The fourth-order valence-corrected chi connectivity index (χ4v) is 7.64. The third kappa shape index (κ3) is 4.38. The van der Waals surface area contributed by atoms with Gasteiger partial charge in [0.15, 0.2) is 0 Å². The van der Waals surface area contributed by atoms with E-state index in [0.717, 1.165) is 42.5 Å². The number of rotatable bonds is 4. The van der Waals surface area contributed by atoms with Gasteiger partial charge in [-0.1, -0.05) is 66.7 Å². The Labute approximate surface area is 264 Å². The fraction of sp³-hybridized carbons (Fsp3) is 0. The molecule has 0 saturated carbocycles. The molecule has 0 radical (unpaired) electrons. The monoisotopic (exact) mass is 616 g/mol. The van der Waals surface area contributed by atoms with Gasteiger partial charge in [0.25, 0.3) is 0 Å². The summed E-state index contributed by atoms with van der Waals surface area (Å²) >= 11 is 2.91. The Morgan fingerprint density at radius 1 is 0.600 bits per heavy atom. The molecular formula is C36H20N6OS2. The van der Waals surface area contributed by atoms with Crippen molar-refractivity contribution in [2.45, 2.75) is 0 Å². The molecule has 0 aliphatic heterocycles. The summed E-state index contributed by atoms with van der Waals surface area (Å²) in [5.41, 5.74) is 5.40. The number of hydrogen-bond donors (Lipinski definition) is 3. The van der Waals surface area contributed by atoms with E-state index in [0.29, 0.717) is 43.1 Å².